The van der Waals surface area contributed by atoms with E-state index in [1.807, 2.05) is 0 Å². The molecule has 1 N–H and O–H groups in total. The van der Waals surface area contributed by atoms with Gasteiger partial charge in [0.15, 0.2) is 0 Å². The zero-order valence-corrected chi connectivity index (χ0v) is 11.7. The lowest BCUT2D eigenvalue weighted by molar-refractivity contribution is -0.160. The van der Waals surface area contributed by atoms with Crippen LogP contribution in [-0.2, 0) is 10.0 Å². The van der Waals surface area contributed by atoms with Gasteiger partial charge >= 0.3 is 6.18 Å². The maximum Gasteiger partial charge on any atom is 0.407 e. The van der Waals surface area contributed by atoms with Gasteiger partial charge in [0.1, 0.15) is 11.4 Å². The molecule has 0 aliphatic heterocycles. The molecule has 0 bridgehead atoms. The molecule has 0 unspecified atom stereocenters. The van der Waals surface area contributed by atoms with Crippen molar-refractivity contribution in [2.45, 2.75) is 29.5 Å². The Morgan fingerprint density at radius 2 is 1.84 bits per heavy atom. The van der Waals surface area contributed by atoms with E-state index in [1.54, 1.807) is 4.72 Å². The van der Waals surface area contributed by atoms with Gasteiger partial charge in [0.2, 0.25) is 10.0 Å². The zero-order valence-electron chi connectivity index (χ0n) is 9.26. The summed E-state index contributed by atoms with van der Waals surface area (Å²) >= 11 is 2.83. The normalized spacial score (nSPS) is 18.4. The predicted octanol–water partition coefficient (Wildman–Crippen LogP) is 2.96. The molecule has 1 fully saturated rings. The van der Waals surface area contributed by atoms with Gasteiger partial charge in [0, 0.05) is 0 Å². The minimum Gasteiger partial charge on any atom is -0.207 e. The number of hydrogen-bond donors (Lipinski definition) is 1. The average molecular weight is 362 g/mol. The van der Waals surface area contributed by atoms with E-state index in [-0.39, 0.29) is 17.3 Å². The topological polar surface area (TPSA) is 46.2 Å². The highest BCUT2D eigenvalue weighted by molar-refractivity contribution is 9.10. The number of rotatable bonds is 3. The number of alkyl halides is 3. The lowest BCUT2D eigenvalue weighted by Crippen LogP contribution is -2.47. The van der Waals surface area contributed by atoms with Gasteiger partial charge in [-0.3, -0.25) is 0 Å². The first-order chi connectivity index (χ1) is 8.57. The van der Waals surface area contributed by atoms with Crippen molar-refractivity contribution in [3.63, 3.8) is 0 Å². The molecule has 0 heterocycles. The maximum absolute atomic E-state index is 13.2. The molecule has 0 aromatic heterocycles. The van der Waals surface area contributed by atoms with Crippen LogP contribution in [0.25, 0.3) is 0 Å². The fourth-order valence-corrected chi connectivity index (χ4v) is 3.23. The molecule has 0 spiro atoms. The molecular formula is C10H8BrF4NO2S. The Morgan fingerprint density at radius 1 is 1.26 bits per heavy atom. The summed E-state index contributed by atoms with van der Waals surface area (Å²) in [6, 6.07) is 2.82. The van der Waals surface area contributed by atoms with Gasteiger partial charge in [-0.25, -0.2) is 12.8 Å². The third-order valence-electron chi connectivity index (χ3n) is 2.82. The van der Waals surface area contributed by atoms with Crippen LogP contribution in [0.1, 0.15) is 12.8 Å². The molecule has 1 saturated carbocycles. The average Bonchev–Trinajstić information content (AvgIpc) is 3.01. The molecule has 0 atom stereocenters. The molecule has 0 radical (unpaired) electrons. The van der Waals surface area contributed by atoms with Crippen LogP contribution in [-0.4, -0.2) is 20.1 Å². The first-order valence-corrected chi connectivity index (χ1v) is 7.41. The lowest BCUT2D eigenvalue weighted by atomic mass is 10.3. The van der Waals surface area contributed by atoms with Crippen LogP contribution in [0.3, 0.4) is 0 Å². The molecule has 2 rings (SSSR count). The predicted molar refractivity (Wildman–Crippen MR) is 62.4 cm³/mol. The Kier molecular flexibility index (Phi) is 3.43. The molecule has 106 valence electrons. The van der Waals surface area contributed by atoms with Crippen molar-refractivity contribution < 1.29 is 26.0 Å². The quantitative estimate of drug-likeness (QED) is 0.841. The molecule has 9 heteroatoms. The van der Waals surface area contributed by atoms with Crippen LogP contribution in [0.4, 0.5) is 17.6 Å². The van der Waals surface area contributed by atoms with Crippen molar-refractivity contribution in [2.75, 3.05) is 0 Å². The number of hydrogen-bond acceptors (Lipinski definition) is 2. The van der Waals surface area contributed by atoms with Crippen LogP contribution >= 0.6 is 15.9 Å². The first kappa shape index (κ1) is 14.7. The van der Waals surface area contributed by atoms with Gasteiger partial charge in [-0.15, -0.1) is 0 Å². The fourth-order valence-electron chi connectivity index (χ4n) is 1.53. The number of sulfonamides is 1. The second-order valence-electron chi connectivity index (χ2n) is 4.26. The molecule has 0 amide bonds. The third kappa shape index (κ3) is 2.77. The summed E-state index contributed by atoms with van der Waals surface area (Å²) < 4.78 is 76.5. The Hall–Kier alpha value is -0.670. The highest BCUT2D eigenvalue weighted by atomic mass is 79.9. The van der Waals surface area contributed by atoms with E-state index in [0.717, 1.165) is 12.1 Å². The largest absolute Gasteiger partial charge is 0.407 e. The molecule has 1 aromatic rings. The second kappa shape index (κ2) is 4.42. The Morgan fingerprint density at radius 3 is 2.26 bits per heavy atom. The standard InChI is InChI=1S/C10H8BrF4NO2S/c11-7-2-1-6(5-8(7)12)19(17,18)16-9(3-4-9)10(13,14)15/h1-2,5,16H,3-4H2. The number of nitrogens with one attached hydrogen (secondary N) is 1. The van der Waals surface area contributed by atoms with Crippen LogP contribution in [0, 0.1) is 5.82 Å². The summed E-state index contributed by atoms with van der Waals surface area (Å²) in [5, 5.41) is 0. The molecule has 1 aliphatic carbocycles. The summed E-state index contributed by atoms with van der Waals surface area (Å²) in [7, 11) is -4.41. The summed E-state index contributed by atoms with van der Waals surface area (Å²) in [4.78, 5) is -0.538. The van der Waals surface area contributed by atoms with E-state index in [2.05, 4.69) is 15.9 Å². The first-order valence-electron chi connectivity index (χ1n) is 5.13. The van der Waals surface area contributed by atoms with Crippen LogP contribution < -0.4 is 4.72 Å². The Bertz CT molecular complexity index is 610. The van der Waals surface area contributed by atoms with Crippen molar-refractivity contribution in [3.05, 3.63) is 28.5 Å². The monoisotopic (exact) mass is 361 g/mol. The van der Waals surface area contributed by atoms with Crippen molar-refractivity contribution in [1.82, 2.24) is 4.72 Å². The lowest BCUT2D eigenvalue weighted by Gasteiger charge is -2.20. The van der Waals surface area contributed by atoms with Gasteiger partial charge in [0.25, 0.3) is 0 Å². The summed E-state index contributed by atoms with van der Waals surface area (Å²) in [5.74, 6) is -0.861. The summed E-state index contributed by atoms with van der Waals surface area (Å²) in [6.45, 7) is 0. The Labute approximate surface area is 115 Å². The van der Waals surface area contributed by atoms with E-state index < -0.39 is 32.5 Å². The smallest absolute Gasteiger partial charge is 0.207 e. The maximum atomic E-state index is 13.2. The highest BCUT2D eigenvalue weighted by Gasteiger charge is 2.65. The second-order valence-corrected chi connectivity index (χ2v) is 6.80. The molecule has 1 aromatic carbocycles. The molecular weight excluding hydrogens is 354 g/mol. The van der Waals surface area contributed by atoms with Crippen molar-refractivity contribution >= 4 is 26.0 Å². The van der Waals surface area contributed by atoms with Crippen LogP contribution in [0.15, 0.2) is 27.6 Å². The van der Waals surface area contributed by atoms with Crippen molar-refractivity contribution in [1.29, 1.82) is 0 Å². The number of benzene rings is 1. The molecule has 1 aliphatic rings. The molecule has 0 saturated heterocycles. The third-order valence-corrected chi connectivity index (χ3v) is 5.00. The minimum atomic E-state index is -4.66. The van der Waals surface area contributed by atoms with Crippen LogP contribution in [0.2, 0.25) is 0 Å². The van der Waals surface area contributed by atoms with Crippen LogP contribution in [0.5, 0.6) is 0 Å². The van der Waals surface area contributed by atoms with Crippen molar-refractivity contribution in [3.8, 4) is 0 Å². The van der Waals surface area contributed by atoms with E-state index >= 15 is 0 Å². The fraction of sp³-hybridized carbons (Fsp3) is 0.400. The van der Waals surface area contributed by atoms with Gasteiger partial charge in [0.05, 0.1) is 9.37 Å². The van der Waals surface area contributed by atoms with Gasteiger partial charge in [-0.1, -0.05) is 0 Å². The van der Waals surface area contributed by atoms with E-state index in [9.17, 15) is 26.0 Å². The van der Waals surface area contributed by atoms with Gasteiger partial charge < -0.3 is 0 Å². The van der Waals surface area contributed by atoms with E-state index in [0.29, 0.717) is 6.07 Å². The minimum absolute atomic E-state index is 0.0309. The summed E-state index contributed by atoms with van der Waals surface area (Å²) in [6.07, 6.45) is -5.28. The molecule has 3 nitrogen and oxygen atoms in total. The summed E-state index contributed by atoms with van der Waals surface area (Å²) in [5.41, 5.74) is -2.41. The SMILES string of the molecule is O=S(=O)(NC1(C(F)(F)F)CC1)c1ccc(Br)c(F)c1. The highest BCUT2D eigenvalue weighted by Crippen LogP contribution is 2.49. The van der Waals surface area contributed by atoms with Gasteiger partial charge in [-0.05, 0) is 47.0 Å². The Balaban J connectivity index is 2.31. The molecule has 19 heavy (non-hydrogen) atoms. The van der Waals surface area contributed by atoms with E-state index in [4.69, 9.17) is 0 Å². The van der Waals surface area contributed by atoms with Gasteiger partial charge in [-0.2, -0.15) is 17.9 Å². The van der Waals surface area contributed by atoms with Crippen molar-refractivity contribution in [2.24, 2.45) is 0 Å². The zero-order chi connectivity index (χ0) is 14.5. The number of halogens is 5. The van der Waals surface area contributed by atoms with E-state index in [1.165, 1.54) is 0 Å².